The molecule has 0 unspecified atom stereocenters. The molecule has 7 nitrogen and oxygen atoms in total. The molecule has 0 aliphatic carbocycles. The van der Waals surface area contributed by atoms with E-state index in [0.717, 1.165) is 0 Å². The van der Waals surface area contributed by atoms with Crippen molar-refractivity contribution in [2.45, 2.75) is 0 Å². The lowest BCUT2D eigenvalue weighted by atomic mass is 15.7. The molecular formula is H7O7PSi. The second-order valence-electron chi connectivity index (χ2n) is 0.883. The van der Waals surface area contributed by atoms with Crippen LogP contribution in [0.1, 0.15) is 0 Å². The Bertz CT molecular complexity index is 71.4. The lowest BCUT2D eigenvalue weighted by molar-refractivity contribution is 0.117. The van der Waals surface area contributed by atoms with E-state index in [2.05, 4.69) is 0 Å². The van der Waals surface area contributed by atoms with Gasteiger partial charge in [-0.25, -0.2) is 0 Å². The lowest BCUT2D eigenvalue weighted by Gasteiger charge is -1.91. The maximum absolute atomic E-state index is 8.74. The minimum atomic E-state index is -4.61. The van der Waals surface area contributed by atoms with Gasteiger partial charge in [-0.3, -0.25) is 4.57 Å². The fraction of sp³-hybridized carbons (Fsp3) is 0. The second-order valence-corrected chi connectivity index (χ2v) is 2.65. The molecular weight excluding hydrogens is 171 g/mol. The summed E-state index contributed by atoms with van der Waals surface area (Å²) in [5, 5.41) is 0. The molecule has 0 bridgehead atoms. The van der Waals surface area contributed by atoms with E-state index in [4.69, 9.17) is 33.5 Å². The highest BCUT2D eigenvalue weighted by Gasteiger charge is 2.22. The van der Waals surface area contributed by atoms with Gasteiger partial charge < -0.3 is 29.0 Å². The molecule has 9 heteroatoms. The van der Waals surface area contributed by atoms with Gasteiger partial charge in [-0.2, -0.15) is 0 Å². The van der Waals surface area contributed by atoms with Crippen molar-refractivity contribution in [3.8, 4) is 0 Å². The van der Waals surface area contributed by atoms with Crippen LogP contribution in [-0.4, -0.2) is 38.0 Å². The summed E-state index contributed by atoms with van der Waals surface area (Å²) >= 11 is 0. The maximum Gasteiger partial charge on any atom is 0.668 e. The van der Waals surface area contributed by atoms with Gasteiger partial charge in [0.25, 0.3) is 0 Å². The fourth-order valence-electron chi connectivity index (χ4n) is 0. The van der Waals surface area contributed by atoms with Gasteiger partial charge in [0.15, 0.2) is 0 Å². The molecule has 0 atom stereocenters. The molecule has 0 amide bonds. The van der Waals surface area contributed by atoms with E-state index in [1.807, 2.05) is 0 Å². The van der Waals surface area contributed by atoms with Crippen molar-refractivity contribution in [3.63, 3.8) is 0 Å². The number of hydrogen-bond acceptors (Lipinski definition) is 5. The summed E-state index contributed by atoms with van der Waals surface area (Å²) in [6, 6.07) is 0. The van der Waals surface area contributed by atoms with E-state index < -0.39 is 17.3 Å². The molecule has 0 aliphatic rings. The van der Waals surface area contributed by atoms with Gasteiger partial charge in [-0.15, -0.1) is 0 Å². The monoisotopic (exact) mass is 178 g/mol. The molecule has 0 aliphatic heterocycles. The number of rotatable bonds is 0. The normalized spacial score (nSPS) is 10.6. The zero-order chi connectivity index (χ0) is 8.08. The standard InChI is InChI=1S/H4O4Si.H3O3P/c1-5(2,3)4;1-4(2)3/h1-4H;4H,(H2,1,2,3). The van der Waals surface area contributed by atoms with Gasteiger partial charge >= 0.3 is 17.3 Å². The molecule has 0 radical (unpaired) electrons. The summed E-state index contributed by atoms with van der Waals surface area (Å²) in [5.41, 5.74) is 0. The molecule has 0 aromatic carbocycles. The van der Waals surface area contributed by atoms with Crippen LogP contribution >= 0.6 is 8.25 Å². The van der Waals surface area contributed by atoms with Crippen LogP contribution in [0.3, 0.4) is 0 Å². The highest BCUT2D eigenvalue weighted by Crippen LogP contribution is 1.98. The first-order valence-electron chi connectivity index (χ1n) is 1.55. The molecule has 9 heavy (non-hydrogen) atoms. The van der Waals surface area contributed by atoms with Crippen molar-refractivity contribution >= 4 is 17.3 Å². The van der Waals surface area contributed by atoms with Crippen LogP contribution in [0.15, 0.2) is 0 Å². The van der Waals surface area contributed by atoms with Gasteiger partial charge in [0.1, 0.15) is 0 Å². The predicted molar refractivity (Wildman–Crippen MR) is 28.1 cm³/mol. The summed E-state index contributed by atoms with van der Waals surface area (Å²) < 4.78 is 8.74. The van der Waals surface area contributed by atoms with Crippen molar-refractivity contribution in [3.05, 3.63) is 0 Å². The third-order valence-electron chi connectivity index (χ3n) is 0. The molecule has 58 valence electrons. The Hall–Kier alpha value is 0.207. The van der Waals surface area contributed by atoms with Crippen molar-refractivity contribution in [1.82, 2.24) is 0 Å². The first kappa shape index (κ1) is 11.9. The van der Waals surface area contributed by atoms with Gasteiger partial charge in [0, 0.05) is 0 Å². The summed E-state index contributed by atoms with van der Waals surface area (Å²) in [6.07, 6.45) is 0. The Morgan fingerprint density at radius 1 is 1.00 bits per heavy atom. The second kappa shape index (κ2) is 5.03. The van der Waals surface area contributed by atoms with Crippen molar-refractivity contribution < 1.29 is 33.5 Å². The molecule has 0 saturated heterocycles. The maximum atomic E-state index is 8.74. The molecule has 0 spiro atoms. The van der Waals surface area contributed by atoms with E-state index >= 15 is 0 Å². The Morgan fingerprint density at radius 2 is 1.00 bits per heavy atom. The zero-order valence-electron chi connectivity index (χ0n) is 4.09. The minimum Gasteiger partial charge on any atom is -0.368 e. The first-order valence-corrected chi connectivity index (χ1v) is 4.64. The lowest BCUT2D eigenvalue weighted by Crippen LogP contribution is -2.33. The highest BCUT2D eigenvalue weighted by molar-refractivity contribution is 7.30. The Kier molecular flexibility index (Phi) is 6.67. The SMILES string of the molecule is O=[PH](O)O.O[Si](O)(O)O. The summed E-state index contributed by atoms with van der Waals surface area (Å²) in [5.74, 6) is 0. The molecule has 6 N–H and O–H groups in total. The Morgan fingerprint density at radius 3 is 1.00 bits per heavy atom. The van der Waals surface area contributed by atoms with Crippen LogP contribution in [0.4, 0.5) is 0 Å². The van der Waals surface area contributed by atoms with E-state index in [9.17, 15) is 0 Å². The van der Waals surface area contributed by atoms with Gasteiger partial charge in [0.05, 0.1) is 0 Å². The molecule has 0 aromatic rings. The average molecular weight is 178 g/mol. The highest BCUT2D eigenvalue weighted by atomic mass is 31.1. The summed E-state index contributed by atoms with van der Waals surface area (Å²) in [6.45, 7) is 0. The van der Waals surface area contributed by atoms with Crippen LogP contribution in [-0.2, 0) is 4.57 Å². The van der Waals surface area contributed by atoms with E-state index in [0.29, 0.717) is 0 Å². The van der Waals surface area contributed by atoms with E-state index in [1.165, 1.54) is 0 Å². The molecule has 0 aromatic heterocycles. The van der Waals surface area contributed by atoms with Gasteiger partial charge in [-0.05, 0) is 0 Å². The molecule has 0 fully saturated rings. The van der Waals surface area contributed by atoms with Crippen molar-refractivity contribution in [2.24, 2.45) is 0 Å². The van der Waals surface area contributed by atoms with E-state index in [1.54, 1.807) is 0 Å². The summed E-state index contributed by atoms with van der Waals surface area (Å²) in [4.78, 5) is 43.6. The molecule has 0 saturated carbocycles. The van der Waals surface area contributed by atoms with Crippen LogP contribution in [0.25, 0.3) is 0 Å². The van der Waals surface area contributed by atoms with E-state index in [-0.39, 0.29) is 0 Å². The summed E-state index contributed by atoms with van der Waals surface area (Å²) in [7, 11) is -7.74. The smallest absolute Gasteiger partial charge is 0.368 e. The molecule has 0 rings (SSSR count). The van der Waals surface area contributed by atoms with Gasteiger partial charge in [-0.1, -0.05) is 0 Å². The number of hydrogen-bond donors (Lipinski definition) is 6. The van der Waals surface area contributed by atoms with Crippen LogP contribution in [0.5, 0.6) is 0 Å². The first-order chi connectivity index (χ1) is 3.73. The van der Waals surface area contributed by atoms with Crippen molar-refractivity contribution in [2.75, 3.05) is 0 Å². The largest absolute Gasteiger partial charge is 0.668 e. The van der Waals surface area contributed by atoms with Crippen LogP contribution < -0.4 is 0 Å². The molecule has 0 heterocycles. The van der Waals surface area contributed by atoms with Crippen molar-refractivity contribution in [1.29, 1.82) is 0 Å². The predicted octanol–water partition coefficient (Wildman–Crippen LogP) is -3.25. The third kappa shape index (κ3) is 7390. The minimum absolute atomic E-state index is 3.13. The van der Waals surface area contributed by atoms with Gasteiger partial charge in [0.2, 0.25) is 0 Å². The van der Waals surface area contributed by atoms with Crippen LogP contribution in [0, 0.1) is 0 Å². The topological polar surface area (TPSA) is 138 Å². The quantitative estimate of drug-likeness (QED) is 0.169. The van der Waals surface area contributed by atoms with Crippen LogP contribution in [0.2, 0.25) is 0 Å². The fourth-order valence-corrected chi connectivity index (χ4v) is 0. The zero-order valence-corrected chi connectivity index (χ0v) is 6.09. The Balaban J connectivity index is 0. The average Bonchev–Trinajstić information content (AvgIpc) is 1.19. The Labute approximate surface area is 51.9 Å². The third-order valence-corrected chi connectivity index (χ3v) is 0.